The third kappa shape index (κ3) is 27.3. The first-order valence-corrected chi connectivity index (χ1v) is 27.6. The van der Waals surface area contributed by atoms with Crippen LogP contribution in [0.25, 0.3) is 0 Å². The molecule has 68 heavy (non-hydrogen) atoms. The third-order valence-corrected chi connectivity index (χ3v) is 13.6. The summed E-state index contributed by atoms with van der Waals surface area (Å²) in [5, 5.41) is 86.9. The monoisotopic (exact) mass is 972 g/mol. The Bertz CT molecular complexity index is 1240. The first-order chi connectivity index (χ1) is 33.1. The van der Waals surface area contributed by atoms with Crippen LogP contribution in [0.2, 0.25) is 0 Å². The van der Waals surface area contributed by atoms with E-state index in [-0.39, 0.29) is 18.9 Å². The lowest BCUT2D eigenvalue weighted by Crippen LogP contribution is -2.65. The third-order valence-electron chi connectivity index (χ3n) is 13.6. The van der Waals surface area contributed by atoms with E-state index in [4.69, 9.17) is 18.9 Å². The summed E-state index contributed by atoms with van der Waals surface area (Å²) < 4.78 is 22.7. The molecule has 0 bridgehead atoms. The molecule has 14 heteroatoms. The molecule has 2 saturated heterocycles. The van der Waals surface area contributed by atoms with Crippen LogP contribution in [0.5, 0.6) is 0 Å². The van der Waals surface area contributed by atoms with Crippen LogP contribution in [0.1, 0.15) is 219 Å². The molecule has 12 atom stereocenters. The maximum atomic E-state index is 13.2. The van der Waals surface area contributed by atoms with Gasteiger partial charge in [-0.25, -0.2) is 0 Å². The highest BCUT2D eigenvalue weighted by atomic mass is 16.7. The Morgan fingerprint density at radius 1 is 0.515 bits per heavy atom. The van der Waals surface area contributed by atoms with E-state index in [0.29, 0.717) is 6.42 Å². The van der Waals surface area contributed by atoms with Crippen molar-refractivity contribution >= 4 is 5.91 Å². The van der Waals surface area contributed by atoms with Crippen molar-refractivity contribution in [1.82, 2.24) is 5.32 Å². The molecular formula is C54H101NO13. The maximum absolute atomic E-state index is 13.2. The zero-order valence-electron chi connectivity index (χ0n) is 42.6. The van der Waals surface area contributed by atoms with Crippen molar-refractivity contribution in [3.05, 3.63) is 24.3 Å². The van der Waals surface area contributed by atoms with E-state index in [2.05, 4.69) is 31.3 Å². The second-order valence-corrected chi connectivity index (χ2v) is 19.7. The van der Waals surface area contributed by atoms with Crippen LogP contribution in [-0.2, 0) is 23.7 Å². The molecule has 2 rings (SSSR count). The second-order valence-electron chi connectivity index (χ2n) is 19.7. The van der Waals surface area contributed by atoms with Crippen LogP contribution in [0.3, 0.4) is 0 Å². The number of unbranched alkanes of at least 4 members (excludes halogenated alkanes) is 28. The van der Waals surface area contributed by atoms with Crippen molar-refractivity contribution < 1.29 is 64.6 Å². The van der Waals surface area contributed by atoms with E-state index >= 15 is 0 Å². The summed E-state index contributed by atoms with van der Waals surface area (Å²) in [5.74, 6) is -0.243. The lowest BCUT2D eigenvalue weighted by atomic mass is 9.97. The molecule has 2 fully saturated rings. The Labute approximate surface area is 411 Å². The van der Waals surface area contributed by atoms with Crippen LogP contribution < -0.4 is 5.32 Å². The molecule has 0 aromatic rings. The average Bonchev–Trinajstić information content (AvgIpc) is 3.34. The smallest absolute Gasteiger partial charge is 0.220 e. The molecular weight excluding hydrogens is 871 g/mol. The Morgan fingerprint density at radius 3 is 1.40 bits per heavy atom. The molecule has 0 spiro atoms. The molecule has 400 valence electrons. The molecule has 1 amide bonds. The van der Waals surface area contributed by atoms with Gasteiger partial charge in [-0.2, -0.15) is 0 Å². The molecule has 0 radical (unpaired) electrons. The summed E-state index contributed by atoms with van der Waals surface area (Å²) in [6.45, 7) is 2.79. The molecule has 12 unspecified atom stereocenters. The quantitative estimate of drug-likeness (QED) is 0.0208. The van der Waals surface area contributed by atoms with Gasteiger partial charge in [0.15, 0.2) is 12.6 Å². The normalized spacial score (nSPS) is 26.5. The summed E-state index contributed by atoms with van der Waals surface area (Å²) in [7, 11) is 0. The summed E-state index contributed by atoms with van der Waals surface area (Å²) in [6, 6.07) is -0.914. The lowest BCUT2D eigenvalue weighted by Gasteiger charge is -2.46. The van der Waals surface area contributed by atoms with Crippen LogP contribution in [0, 0.1) is 0 Å². The Morgan fingerprint density at radius 2 is 0.926 bits per heavy atom. The number of nitrogens with one attached hydrogen (secondary N) is 1. The number of ether oxygens (including phenoxy) is 4. The summed E-state index contributed by atoms with van der Waals surface area (Å²) in [5.41, 5.74) is 0. The zero-order valence-corrected chi connectivity index (χ0v) is 42.6. The van der Waals surface area contributed by atoms with Crippen LogP contribution in [-0.4, -0.2) is 140 Å². The van der Waals surface area contributed by atoms with Gasteiger partial charge in [0, 0.05) is 6.42 Å². The van der Waals surface area contributed by atoms with Crippen molar-refractivity contribution in [2.24, 2.45) is 0 Å². The number of aliphatic hydroxyl groups excluding tert-OH is 8. The van der Waals surface area contributed by atoms with E-state index in [9.17, 15) is 45.6 Å². The summed E-state index contributed by atoms with van der Waals surface area (Å²) in [6.07, 6.45) is 29.2. The van der Waals surface area contributed by atoms with Crippen LogP contribution >= 0.6 is 0 Å². The molecule has 14 nitrogen and oxygen atoms in total. The summed E-state index contributed by atoms with van der Waals surface area (Å²) >= 11 is 0. The van der Waals surface area contributed by atoms with E-state index < -0.39 is 86.8 Å². The predicted molar refractivity (Wildman–Crippen MR) is 268 cm³/mol. The molecule has 9 N–H and O–H groups in total. The SMILES string of the molecule is CCCCCCCC/C=C\CCCCCCCCCC(=O)NC(COC1OC(CO)C(OC2OC(CO)C(O)C(O)C2O)C(O)C1O)C(O)/C=C/CCCCCCCCCCCCCCCCC. The number of rotatable bonds is 43. The van der Waals surface area contributed by atoms with Gasteiger partial charge < -0.3 is 65.1 Å². The van der Waals surface area contributed by atoms with Gasteiger partial charge in [-0.15, -0.1) is 0 Å². The van der Waals surface area contributed by atoms with Gasteiger partial charge >= 0.3 is 0 Å². The molecule has 0 aromatic heterocycles. The topological polar surface area (TPSA) is 228 Å². The number of hydrogen-bond donors (Lipinski definition) is 9. The highest BCUT2D eigenvalue weighted by Crippen LogP contribution is 2.30. The van der Waals surface area contributed by atoms with Gasteiger partial charge in [-0.3, -0.25) is 4.79 Å². The van der Waals surface area contributed by atoms with Crippen molar-refractivity contribution in [1.29, 1.82) is 0 Å². The van der Waals surface area contributed by atoms with Crippen molar-refractivity contribution in [2.45, 2.75) is 293 Å². The standard InChI is InChI=1S/C54H101NO13/c1-3-5-7-9-11-13-15-17-19-21-23-25-27-29-31-33-35-37-43(58)42(55-46(59)38-36-34-32-30-28-26-24-22-20-18-16-14-12-10-8-6-4-2)41-65-53-51(64)49(62)52(45(40-57)67-53)68-54-50(63)48(61)47(60)44(39-56)66-54/h18,20,35,37,42-45,47-54,56-58,60-64H,3-17,19,21-34,36,38-41H2,1-2H3,(H,55,59)/b20-18-,37-35+. The highest BCUT2D eigenvalue weighted by molar-refractivity contribution is 5.76. The van der Waals surface area contributed by atoms with E-state index in [1.165, 1.54) is 148 Å². The van der Waals surface area contributed by atoms with Gasteiger partial charge in [0.05, 0.1) is 32.0 Å². The maximum Gasteiger partial charge on any atom is 0.220 e. The van der Waals surface area contributed by atoms with Gasteiger partial charge in [0.2, 0.25) is 5.91 Å². The molecule has 2 aliphatic heterocycles. The first-order valence-electron chi connectivity index (χ1n) is 27.6. The molecule has 0 aromatic carbocycles. The largest absolute Gasteiger partial charge is 0.394 e. The number of hydrogen-bond acceptors (Lipinski definition) is 13. The van der Waals surface area contributed by atoms with Crippen molar-refractivity contribution in [3.63, 3.8) is 0 Å². The van der Waals surface area contributed by atoms with E-state index in [0.717, 1.165) is 44.9 Å². The number of allylic oxidation sites excluding steroid dienone is 3. The fourth-order valence-electron chi connectivity index (χ4n) is 9.11. The zero-order chi connectivity index (χ0) is 49.6. The van der Waals surface area contributed by atoms with Gasteiger partial charge in [0.1, 0.15) is 48.8 Å². The van der Waals surface area contributed by atoms with Crippen molar-refractivity contribution in [3.8, 4) is 0 Å². The fraction of sp³-hybridized carbons (Fsp3) is 0.907. The minimum Gasteiger partial charge on any atom is -0.394 e. The fourth-order valence-corrected chi connectivity index (χ4v) is 9.11. The van der Waals surface area contributed by atoms with Crippen molar-refractivity contribution in [2.75, 3.05) is 19.8 Å². The van der Waals surface area contributed by atoms with Crippen LogP contribution in [0.15, 0.2) is 24.3 Å². The second kappa shape index (κ2) is 41.0. The van der Waals surface area contributed by atoms with Gasteiger partial charge in [-0.05, 0) is 44.9 Å². The van der Waals surface area contributed by atoms with Gasteiger partial charge in [-0.1, -0.05) is 192 Å². The average molecular weight is 972 g/mol. The molecule has 2 heterocycles. The Kier molecular flexibility index (Phi) is 37.7. The molecule has 0 saturated carbocycles. The van der Waals surface area contributed by atoms with Crippen LogP contribution in [0.4, 0.5) is 0 Å². The Hall–Kier alpha value is -1.53. The van der Waals surface area contributed by atoms with E-state index in [1.807, 2.05) is 6.08 Å². The Balaban J connectivity index is 1.82. The minimum absolute atomic E-state index is 0.243. The first kappa shape index (κ1) is 62.6. The highest BCUT2D eigenvalue weighted by Gasteiger charge is 2.51. The lowest BCUT2D eigenvalue weighted by molar-refractivity contribution is -0.359. The van der Waals surface area contributed by atoms with E-state index in [1.54, 1.807) is 6.08 Å². The summed E-state index contributed by atoms with van der Waals surface area (Å²) in [4.78, 5) is 13.2. The minimum atomic E-state index is -1.79. The number of aliphatic hydroxyl groups is 8. The predicted octanol–water partition coefficient (Wildman–Crippen LogP) is 8.11. The van der Waals surface area contributed by atoms with Gasteiger partial charge in [0.25, 0.3) is 0 Å². The number of amides is 1. The molecule has 0 aliphatic carbocycles. The number of carbonyl (C=O) groups excluding carboxylic acids is 1. The molecule has 2 aliphatic rings. The number of carbonyl (C=O) groups is 1.